The molecule has 1 unspecified atom stereocenters. The number of nitrogens with zero attached hydrogens (tertiary/aromatic N) is 4. The number of anilines is 2. The first kappa shape index (κ1) is 56.5. The zero-order valence-corrected chi connectivity index (χ0v) is 42.2. The van der Waals surface area contributed by atoms with E-state index in [1.54, 1.807) is 0 Å². The Balaban J connectivity index is 1.09. The number of azo groups is 2. The maximum absolute atomic E-state index is 13.3. The van der Waals surface area contributed by atoms with Crippen LogP contribution in [0.4, 0.5) is 34.1 Å². The van der Waals surface area contributed by atoms with Gasteiger partial charge in [0.05, 0.1) is 55.0 Å². The number of fused-ring (bicyclic) bond motifs is 2. The summed E-state index contributed by atoms with van der Waals surface area (Å²) >= 11 is -2.89. The first-order valence-corrected chi connectivity index (χ1v) is 28.4. The van der Waals surface area contributed by atoms with Crippen molar-refractivity contribution in [2.45, 2.75) is 29.4 Å². The van der Waals surface area contributed by atoms with Crippen LogP contribution in [0.15, 0.2) is 159 Å². The quantitative estimate of drug-likeness (QED) is 0.0279. The van der Waals surface area contributed by atoms with Gasteiger partial charge in [-0.05, 0) is 109 Å². The number of carboxylic acids is 2. The summed E-state index contributed by atoms with van der Waals surface area (Å²) in [5.41, 5.74) is -3.60. The molecule has 0 aromatic heterocycles. The summed E-state index contributed by atoms with van der Waals surface area (Å²) in [7, 11) is -26.3. The Kier molecular flexibility index (Phi) is 15.2. The number of rotatable bonds is 16. The third kappa shape index (κ3) is 12.7. The Labute approximate surface area is 433 Å². The van der Waals surface area contributed by atoms with Crippen LogP contribution in [0, 0.1) is 0 Å². The summed E-state index contributed by atoms with van der Waals surface area (Å²) in [6.07, 6.45) is 0. The monoisotopic (exact) mass is 1180 g/mol. The van der Waals surface area contributed by atoms with Crippen LogP contribution in [-0.2, 0) is 61.7 Å². The van der Waals surface area contributed by atoms with Crippen LogP contribution in [0.25, 0.3) is 21.5 Å². The Hall–Kier alpha value is -8.20. The summed E-state index contributed by atoms with van der Waals surface area (Å²) in [6.45, 7) is 0. The molecule has 0 heterocycles. The zero-order chi connectivity index (χ0) is 56.9. The SMILES string of the molecule is O=C(Nc1ccc(/N=N/c2cc(S(=O)(=O)O)c3cc(S(=O)O)cc(S(=O)(=O)O)c3c2)cc1C(=O)O)c1ccc(C(=O)Nc2ccc(/N=N/c3cc(S(=O)(=O)O)c4cc(S(=O)(=O)O)cc(S(=O)(=O)O)c4c3)cc2C(=O)O)cc1. The maximum Gasteiger partial charge on any atom is 0.337 e. The molecule has 77 heavy (non-hydrogen) atoms. The fourth-order valence-electron chi connectivity index (χ4n) is 7.08. The average molecular weight is 1180 g/mol. The van der Waals surface area contributed by atoms with Crippen molar-refractivity contribution in [3.05, 3.63) is 131 Å². The molecule has 29 nitrogen and oxygen atoms in total. The van der Waals surface area contributed by atoms with Gasteiger partial charge < -0.3 is 25.4 Å². The molecular formula is C42H28N6O23S6. The van der Waals surface area contributed by atoms with Crippen LogP contribution in [0.5, 0.6) is 0 Å². The van der Waals surface area contributed by atoms with Gasteiger partial charge in [0.25, 0.3) is 62.4 Å². The average Bonchev–Trinajstić information content (AvgIpc) is 3.34. The first-order valence-electron chi connectivity index (χ1n) is 20.1. The third-order valence-electron chi connectivity index (χ3n) is 10.5. The smallest absolute Gasteiger partial charge is 0.337 e. The Morgan fingerprint density at radius 1 is 0.403 bits per heavy atom. The highest BCUT2D eigenvalue weighted by atomic mass is 32.2. The molecule has 0 saturated heterocycles. The lowest BCUT2D eigenvalue weighted by atomic mass is 10.1. The van der Waals surface area contributed by atoms with E-state index in [1.807, 2.05) is 0 Å². The molecule has 0 fully saturated rings. The van der Waals surface area contributed by atoms with Crippen LogP contribution in [-0.4, -0.2) is 108 Å². The number of carboxylic acid groups (broad SMARTS) is 2. The zero-order valence-electron chi connectivity index (χ0n) is 37.3. The van der Waals surface area contributed by atoms with Gasteiger partial charge in [-0.15, -0.1) is 0 Å². The van der Waals surface area contributed by atoms with Gasteiger partial charge in [0.15, 0.2) is 11.1 Å². The lowest BCUT2D eigenvalue weighted by Crippen LogP contribution is -2.16. The van der Waals surface area contributed by atoms with E-state index in [2.05, 4.69) is 31.1 Å². The van der Waals surface area contributed by atoms with Crippen LogP contribution in [0.2, 0.25) is 0 Å². The molecule has 0 spiro atoms. The second-order valence-corrected chi connectivity index (χ2v) is 23.5. The van der Waals surface area contributed by atoms with Crippen molar-refractivity contribution >= 4 is 141 Å². The second kappa shape index (κ2) is 20.7. The van der Waals surface area contributed by atoms with Gasteiger partial charge in [-0.1, -0.05) is 0 Å². The van der Waals surface area contributed by atoms with Gasteiger partial charge in [0, 0.05) is 32.7 Å². The van der Waals surface area contributed by atoms with Crippen molar-refractivity contribution in [1.82, 2.24) is 0 Å². The van der Waals surface area contributed by atoms with E-state index in [0.717, 1.165) is 78.9 Å². The second-order valence-electron chi connectivity index (χ2n) is 15.5. The van der Waals surface area contributed by atoms with E-state index in [4.69, 9.17) is 0 Å². The molecule has 0 bridgehead atoms. The van der Waals surface area contributed by atoms with Crippen molar-refractivity contribution in [2.24, 2.45) is 20.5 Å². The number of nitrogens with one attached hydrogen (secondary N) is 2. The van der Waals surface area contributed by atoms with E-state index < -0.39 is 159 Å². The summed E-state index contributed by atoms with van der Waals surface area (Å²) < 4.78 is 192. The highest BCUT2D eigenvalue weighted by Gasteiger charge is 2.27. The van der Waals surface area contributed by atoms with E-state index in [1.165, 1.54) is 0 Å². The van der Waals surface area contributed by atoms with Crippen LogP contribution >= 0.6 is 0 Å². The standard InChI is InChI=1S/C42H28N6O23S6/c49-39(43-33-7-5-21(9-31(33)41(51)52)45-47-23-11-27-29(35(13-23)74(60,61)62)15-25(72(55)56)16-37(27)76(66,67)68)19-1-3-20(4-2-19)40(50)44-34-8-6-22(10-32(34)42(53)54)46-48-24-12-28-30(36(14-24)75(63,64)65)17-26(73(57,58)59)18-38(28)77(69,70)71/h1-18H,(H,43,49)(H,44,50)(H,51,52)(H,53,54)(H,55,56)(H,57,58,59)(H,60,61,62)(H,63,64,65)(H,66,67,68)(H,69,70,71)/b47-45+,48-46+. The van der Waals surface area contributed by atoms with Crippen molar-refractivity contribution in [3.8, 4) is 0 Å². The van der Waals surface area contributed by atoms with Crippen LogP contribution in [0.3, 0.4) is 0 Å². The van der Waals surface area contributed by atoms with Crippen molar-refractivity contribution in [2.75, 3.05) is 10.6 Å². The Morgan fingerprint density at radius 3 is 1.09 bits per heavy atom. The van der Waals surface area contributed by atoms with E-state index >= 15 is 0 Å². The highest BCUT2D eigenvalue weighted by Crippen LogP contribution is 2.38. The number of hydrogen-bond donors (Lipinski definition) is 10. The molecule has 7 aromatic rings. The lowest BCUT2D eigenvalue weighted by Gasteiger charge is -2.11. The highest BCUT2D eigenvalue weighted by molar-refractivity contribution is 7.87. The molecule has 7 aromatic carbocycles. The molecule has 35 heteroatoms. The molecule has 0 aliphatic rings. The molecule has 7 rings (SSSR count). The number of carbonyl (C=O) groups is 4. The first-order chi connectivity index (χ1) is 35.6. The molecular weight excluding hydrogens is 1150 g/mol. The lowest BCUT2D eigenvalue weighted by molar-refractivity contribution is 0.0687. The van der Waals surface area contributed by atoms with Gasteiger partial charge in [0.2, 0.25) is 0 Å². The van der Waals surface area contributed by atoms with Crippen molar-refractivity contribution in [3.63, 3.8) is 0 Å². The third-order valence-corrected chi connectivity index (χ3v) is 15.5. The van der Waals surface area contributed by atoms with E-state index in [9.17, 15) is 103 Å². The van der Waals surface area contributed by atoms with Crippen molar-refractivity contribution in [1.29, 1.82) is 0 Å². The minimum absolute atomic E-state index is 0.137. The van der Waals surface area contributed by atoms with E-state index in [0.29, 0.717) is 30.3 Å². The Morgan fingerprint density at radius 2 is 0.740 bits per heavy atom. The minimum atomic E-state index is -5.35. The normalized spacial score (nSPS) is 13.0. The molecule has 10 N–H and O–H groups in total. The summed E-state index contributed by atoms with van der Waals surface area (Å²) in [6, 6.07) is 15.9. The molecule has 1 atom stereocenters. The van der Waals surface area contributed by atoms with Gasteiger partial charge in [0.1, 0.15) is 19.6 Å². The van der Waals surface area contributed by atoms with Gasteiger partial charge in [-0.2, -0.15) is 62.5 Å². The number of benzene rings is 7. The summed E-state index contributed by atoms with van der Waals surface area (Å²) in [4.78, 5) is 44.8. The molecule has 400 valence electrons. The Bertz CT molecular complexity index is 4440. The molecule has 0 radical (unpaired) electrons. The fraction of sp³-hybridized carbons (Fsp3) is 0. The number of aromatic carboxylic acids is 2. The topological polar surface area (TPSA) is 491 Å². The summed E-state index contributed by atoms with van der Waals surface area (Å²) in [5, 5.41) is 37.1. The largest absolute Gasteiger partial charge is 0.478 e. The summed E-state index contributed by atoms with van der Waals surface area (Å²) in [5.74, 6) is -5.05. The number of carbonyl (C=O) groups excluding carboxylic acids is 2. The fourth-order valence-corrected chi connectivity index (χ4v) is 11.1. The maximum atomic E-state index is 13.3. The molecule has 0 aliphatic carbocycles. The molecule has 2 amide bonds. The van der Waals surface area contributed by atoms with Gasteiger partial charge in [-0.25, -0.2) is 13.8 Å². The van der Waals surface area contributed by atoms with E-state index in [-0.39, 0.29) is 33.9 Å². The number of hydrogen-bond acceptors (Lipinski definition) is 19. The predicted molar refractivity (Wildman–Crippen MR) is 264 cm³/mol. The van der Waals surface area contributed by atoms with Gasteiger partial charge in [-0.3, -0.25) is 32.4 Å². The van der Waals surface area contributed by atoms with Crippen molar-refractivity contribution < 1.29 is 103 Å². The predicted octanol–water partition coefficient (Wildman–Crippen LogP) is 6.54. The van der Waals surface area contributed by atoms with Crippen LogP contribution in [0.1, 0.15) is 41.4 Å². The minimum Gasteiger partial charge on any atom is -0.478 e. The molecule has 0 aliphatic heterocycles. The van der Waals surface area contributed by atoms with Gasteiger partial charge >= 0.3 is 11.9 Å². The number of amides is 2. The van der Waals surface area contributed by atoms with Crippen LogP contribution < -0.4 is 10.6 Å². The molecule has 0 saturated carbocycles.